The van der Waals surface area contributed by atoms with Gasteiger partial charge < -0.3 is 9.80 Å². The van der Waals surface area contributed by atoms with Gasteiger partial charge in [-0.3, -0.25) is 4.79 Å². The number of hydrogen-bond donors (Lipinski definition) is 0. The SMILES string of the molecule is C=CC1CC(C#N)N(C(=O)CN(C)C)C1. The van der Waals surface area contributed by atoms with Crippen LogP contribution in [0.3, 0.4) is 0 Å². The lowest BCUT2D eigenvalue weighted by molar-refractivity contribution is -0.131. The molecule has 15 heavy (non-hydrogen) atoms. The predicted octanol–water partition coefficient (Wildman–Crippen LogP) is 0.475. The highest BCUT2D eigenvalue weighted by atomic mass is 16.2. The minimum atomic E-state index is -0.277. The van der Waals surface area contributed by atoms with E-state index in [1.54, 1.807) is 4.90 Å². The number of rotatable bonds is 3. The highest BCUT2D eigenvalue weighted by Gasteiger charge is 2.33. The van der Waals surface area contributed by atoms with Crippen LogP contribution >= 0.6 is 0 Å². The van der Waals surface area contributed by atoms with Crippen LogP contribution in [0.1, 0.15) is 6.42 Å². The molecule has 0 bridgehead atoms. The Labute approximate surface area is 90.8 Å². The van der Waals surface area contributed by atoms with E-state index in [2.05, 4.69) is 12.6 Å². The molecule has 1 saturated heterocycles. The van der Waals surface area contributed by atoms with E-state index in [-0.39, 0.29) is 17.9 Å². The third-order valence-corrected chi connectivity index (χ3v) is 2.59. The summed E-state index contributed by atoms with van der Waals surface area (Å²) in [5, 5.41) is 8.94. The van der Waals surface area contributed by atoms with E-state index in [4.69, 9.17) is 5.26 Å². The second-order valence-electron chi connectivity index (χ2n) is 4.16. The van der Waals surface area contributed by atoms with Gasteiger partial charge in [0, 0.05) is 6.54 Å². The van der Waals surface area contributed by atoms with Crippen LogP contribution in [0, 0.1) is 17.2 Å². The van der Waals surface area contributed by atoms with Crippen LogP contribution in [-0.4, -0.2) is 48.9 Å². The lowest BCUT2D eigenvalue weighted by atomic mass is 10.1. The average molecular weight is 207 g/mol. The maximum absolute atomic E-state index is 11.8. The summed E-state index contributed by atoms with van der Waals surface area (Å²) in [5.74, 6) is 0.289. The fourth-order valence-corrected chi connectivity index (χ4v) is 1.80. The number of likely N-dealkylation sites (N-methyl/N-ethyl adjacent to an activating group) is 1. The third-order valence-electron chi connectivity index (χ3n) is 2.59. The lowest BCUT2D eigenvalue weighted by Crippen LogP contribution is -2.40. The van der Waals surface area contributed by atoms with Crippen molar-refractivity contribution >= 4 is 5.91 Å². The van der Waals surface area contributed by atoms with E-state index in [1.807, 2.05) is 25.1 Å². The first kappa shape index (κ1) is 11.7. The van der Waals surface area contributed by atoms with Gasteiger partial charge in [-0.05, 0) is 26.4 Å². The van der Waals surface area contributed by atoms with Gasteiger partial charge >= 0.3 is 0 Å². The van der Waals surface area contributed by atoms with Gasteiger partial charge in [-0.2, -0.15) is 5.26 Å². The van der Waals surface area contributed by atoms with Gasteiger partial charge in [-0.1, -0.05) is 6.08 Å². The number of carbonyl (C=O) groups is 1. The fraction of sp³-hybridized carbons (Fsp3) is 0.636. The van der Waals surface area contributed by atoms with Crippen molar-refractivity contribution in [1.82, 2.24) is 9.80 Å². The van der Waals surface area contributed by atoms with Gasteiger partial charge in [-0.25, -0.2) is 0 Å². The molecule has 1 rings (SSSR count). The summed E-state index contributed by atoms with van der Waals surface area (Å²) < 4.78 is 0. The van der Waals surface area contributed by atoms with E-state index in [1.165, 1.54) is 0 Å². The molecule has 0 aliphatic carbocycles. The summed E-state index contributed by atoms with van der Waals surface area (Å²) >= 11 is 0. The van der Waals surface area contributed by atoms with E-state index < -0.39 is 0 Å². The number of likely N-dealkylation sites (tertiary alicyclic amines) is 1. The Bertz CT molecular complexity index is 293. The quantitative estimate of drug-likeness (QED) is 0.632. The molecular weight excluding hydrogens is 190 g/mol. The van der Waals surface area contributed by atoms with Crippen LogP contribution < -0.4 is 0 Å². The predicted molar refractivity (Wildman–Crippen MR) is 58.0 cm³/mol. The average Bonchev–Trinajstić information content (AvgIpc) is 2.59. The molecule has 1 fully saturated rings. The van der Waals surface area contributed by atoms with Gasteiger partial charge in [0.25, 0.3) is 0 Å². The van der Waals surface area contributed by atoms with Crippen LogP contribution in [0.25, 0.3) is 0 Å². The zero-order chi connectivity index (χ0) is 11.4. The number of nitrogens with zero attached hydrogens (tertiary/aromatic N) is 3. The molecule has 0 saturated carbocycles. The van der Waals surface area contributed by atoms with Crippen molar-refractivity contribution in [2.24, 2.45) is 5.92 Å². The van der Waals surface area contributed by atoms with Crippen LogP contribution in [0.5, 0.6) is 0 Å². The van der Waals surface area contributed by atoms with Crippen LogP contribution in [0.15, 0.2) is 12.7 Å². The summed E-state index contributed by atoms with van der Waals surface area (Å²) in [4.78, 5) is 15.3. The molecule has 1 heterocycles. The normalized spacial score (nSPS) is 25.3. The minimum absolute atomic E-state index is 0.0240. The molecule has 82 valence electrons. The van der Waals surface area contributed by atoms with Gasteiger partial charge in [0.2, 0.25) is 5.91 Å². The third kappa shape index (κ3) is 2.80. The molecule has 0 aromatic carbocycles. The minimum Gasteiger partial charge on any atom is -0.325 e. The van der Waals surface area contributed by atoms with Crippen molar-refractivity contribution in [2.45, 2.75) is 12.5 Å². The molecule has 2 unspecified atom stereocenters. The van der Waals surface area contributed by atoms with Crippen molar-refractivity contribution in [3.8, 4) is 6.07 Å². The zero-order valence-corrected chi connectivity index (χ0v) is 9.31. The Balaban J connectivity index is 2.64. The molecule has 0 radical (unpaired) electrons. The standard InChI is InChI=1S/C11H17N3O/c1-4-9-5-10(6-12)14(7-9)11(15)8-13(2)3/h4,9-10H,1,5,7-8H2,2-3H3. The summed E-state index contributed by atoms with van der Waals surface area (Å²) in [6, 6.07) is 1.89. The summed E-state index contributed by atoms with van der Waals surface area (Å²) in [7, 11) is 3.70. The molecule has 1 aliphatic heterocycles. The maximum atomic E-state index is 11.8. The smallest absolute Gasteiger partial charge is 0.237 e. The molecule has 0 spiro atoms. The summed E-state index contributed by atoms with van der Waals surface area (Å²) in [6.07, 6.45) is 2.55. The van der Waals surface area contributed by atoms with Gasteiger partial charge in [0.15, 0.2) is 0 Å². The van der Waals surface area contributed by atoms with E-state index in [9.17, 15) is 4.79 Å². The molecule has 2 atom stereocenters. The van der Waals surface area contributed by atoms with Crippen molar-refractivity contribution < 1.29 is 4.79 Å². The Hall–Kier alpha value is -1.34. The highest BCUT2D eigenvalue weighted by molar-refractivity contribution is 5.79. The van der Waals surface area contributed by atoms with Crippen LogP contribution in [0.2, 0.25) is 0 Å². The molecular formula is C11H17N3O. The monoisotopic (exact) mass is 207 g/mol. The number of hydrogen-bond acceptors (Lipinski definition) is 3. The largest absolute Gasteiger partial charge is 0.325 e. The molecule has 0 aromatic heterocycles. The maximum Gasteiger partial charge on any atom is 0.237 e. The summed E-state index contributed by atoms with van der Waals surface area (Å²) in [5.41, 5.74) is 0. The Morgan fingerprint density at radius 3 is 2.87 bits per heavy atom. The molecule has 0 N–H and O–H groups in total. The highest BCUT2D eigenvalue weighted by Crippen LogP contribution is 2.23. The fourth-order valence-electron chi connectivity index (χ4n) is 1.80. The van der Waals surface area contributed by atoms with Crippen molar-refractivity contribution in [3.05, 3.63) is 12.7 Å². The molecule has 0 aromatic rings. The lowest BCUT2D eigenvalue weighted by Gasteiger charge is -2.21. The van der Waals surface area contributed by atoms with E-state index in [0.717, 1.165) is 6.42 Å². The number of carbonyl (C=O) groups excluding carboxylic acids is 1. The molecule has 1 aliphatic rings. The van der Waals surface area contributed by atoms with Crippen LogP contribution in [-0.2, 0) is 4.79 Å². The second kappa shape index (κ2) is 4.94. The van der Waals surface area contributed by atoms with Gasteiger partial charge in [-0.15, -0.1) is 6.58 Å². The Kier molecular flexibility index (Phi) is 3.87. The van der Waals surface area contributed by atoms with Crippen molar-refractivity contribution in [1.29, 1.82) is 5.26 Å². The van der Waals surface area contributed by atoms with Gasteiger partial charge in [0.1, 0.15) is 6.04 Å². The van der Waals surface area contributed by atoms with Crippen LogP contribution in [0.4, 0.5) is 0 Å². The van der Waals surface area contributed by atoms with Crippen molar-refractivity contribution in [2.75, 3.05) is 27.2 Å². The van der Waals surface area contributed by atoms with E-state index in [0.29, 0.717) is 13.1 Å². The first-order valence-electron chi connectivity index (χ1n) is 5.04. The first-order valence-corrected chi connectivity index (χ1v) is 5.04. The van der Waals surface area contributed by atoms with E-state index >= 15 is 0 Å². The molecule has 1 amide bonds. The first-order chi connectivity index (χ1) is 7.08. The summed E-state index contributed by atoms with van der Waals surface area (Å²) in [6.45, 7) is 4.70. The number of amides is 1. The topological polar surface area (TPSA) is 47.3 Å². The second-order valence-corrected chi connectivity index (χ2v) is 4.16. The van der Waals surface area contributed by atoms with Gasteiger partial charge in [0.05, 0.1) is 12.6 Å². The molecule has 4 nitrogen and oxygen atoms in total. The molecule has 4 heteroatoms. The van der Waals surface area contributed by atoms with Crippen molar-refractivity contribution in [3.63, 3.8) is 0 Å². The zero-order valence-electron chi connectivity index (χ0n) is 9.31. The number of nitriles is 1. The Morgan fingerprint density at radius 1 is 1.73 bits per heavy atom. The Morgan fingerprint density at radius 2 is 2.40 bits per heavy atom.